The summed E-state index contributed by atoms with van der Waals surface area (Å²) < 4.78 is 25.4. The summed E-state index contributed by atoms with van der Waals surface area (Å²) in [5.41, 5.74) is 3.38. The molecule has 11 heteroatoms. The zero-order valence-electron chi connectivity index (χ0n) is 26.2. The highest BCUT2D eigenvalue weighted by molar-refractivity contribution is 9.10. The van der Waals surface area contributed by atoms with Crippen molar-refractivity contribution in [3.05, 3.63) is 148 Å². The number of hydrogen-bond donors (Lipinski definition) is 0. The lowest BCUT2D eigenvalue weighted by molar-refractivity contribution is -0.138. The van der Waals surface area contributed by atoms with E-state index in [1.54, 1.807) is 36.8 Å². The first-order valence-electron chi connectivity index (χ1n) is 15.0. The van der Waals surface area contributed by atoms with Crippen LogP contribution in [0.5, 0.6) is 17.2 Å². The maximum absolute atomic E-state index is 14.3. The summed E-state index contributed by atoms with van der Waals surface area (Å²) in [5, 5.41) is 0.633. The third kappa shape index (κ3) is 6.69. The van der Waals surface area contributed by atoms with Crippen molar-refractivity contribution in [3.8, 4) is 17.2 Å². The van der Waals surface area contributed by atoms with E-state index in [1.807, 2.05) is 78.9 Å². The number of ether oxygens (including phenoxy) is 4. The van der Waals surface area contributed by atoms with Crippen LogP contribution in [0, 0.1) is 0 Å². The van der Waals surface area contributed by atoms with Crippen molar-refractivity contribution >= 4 is 56.6 Å². The van der Waals surface area contributed by atoms with Crippen molar-refractivity contribution in [1.29, 1.82) is 0 Å². The van der Waals surface area contributed by atoms with Crippen LogP contribution in [0.2, 0.25) is 5.02 Å². The molecule has 1 aliphatic heterocycles. The fraction of sp³-hybridized carbons (Fsp3) is 0.162. The highest BCUT2D eigenvalue weighted by Crippen LogP contribution is 2.38. The van der Waals surface area contributed by atoms with Gasteiger partial charge in [0.05, 0.1) is 47.1 Å². The molecular weight excluding hydrogens is 716 g/mol. The summed E-state index contributed by atoms with van der Waals surface area (Å²) in [6.07, 6.45) is 1.80. The van der Waals surface area contributed by atoms with E-state index in [1.165, 1.54) is 18.4 Å². The molecule has 1 aliphatic rings. The molecule has 0 unspecified atom stereocenters. The van der Waals surface area contributed by atoms with Crippen molar-refractivity contribution in [2.24, 2.45) is 4.99 Å². The van der Waals surface area contributed by atoms with Crippen LogP contribution in [-0.4, -0.2) is 31.4 Å². The molecule has 2 heterocycles. The van der Waals surface area contributed by atoms with Gasteiger partial charge in [-0.05, 0) is 70.4 Å². The van der Waals surface area contributed by atoms with Gasteiger partial charge >= 0.3 is 5.97 Å². The molecule has 0 aliphatic carbocycles. The van der Waals surface area contributed by atoms with E-state index in [9.17, 15) is 9.59 Å². The van der Waals surface area contributed by atoms with Crippen LogP contribution in [0.15, 0.2) is 111 Å². The molecule has 0 amide bonds. The number of nitrogens with zero attached hydrogens (tertiary/aromatic N) is 2. The molecule has 0 radical (unpaired) electrons. The van der Waals surface area contributed by atoms with E-state index in [4.69, 9.17) is 35.5 Å². The van der Waals surface area contributed by atoms with E-state index in [0.717, 1.165) is 21.2 Å². The van der Waals surface area contributed by atoms with Crippen molar-refractivity contribution in [1.82, 2.24) is 4.57 Å². The second kappa shape index (κ2) is 14.6. The molecule has 5 aromatic rings. The van der Waals surface area contributed by atoms with Gasteiger partial charge in [-0.3, -0.25) is 9.36 Å². The predicted molar refractivity (Wildman–Crippen MR) is 191 cm³/mol. The number of halogens is 2. The SMILES string of the molecule is CCOC(=O)C1=C(c2ccccc2)N=c2s/c(=C\c3ccc(OCc4ccccc4Cl)c(Br)c3)c(=O)n2[C@H]1c1ccc(OC)c(OC)c1. The molecule has 48 heavy (non-hydrogen) atoms. The summed E-state index contributed by atoms with van der Waals surface area (Å²) in [4.78, 5) is 33.4. The lowest BCUT2D eigenvalue weighted by Crippen LogP contribution is -2.40. The summed E-state index contributed by atoms with van der Waals surface area (Å²) in [7, 11) is 3.09. The third-order valence-electron chi connectivity index (χ3n) is 7.69. The van der Waals surface area contributed by atoms with Gasteiger partial charge in [0.1, 0.15) is 12.4 Å². The molecule has 244 valence electrons. The maximum Gasteiger partial charge on any atom is 0.338 e. The third-order valence-corrected chi connectivity index (χ3v) is 9.66. The van der Waals surface area contributed by atoms with Crippen molar-refractivity contribution < 1.29 is 23.7 Å². The average molecular weight is 746 g/mol. The van der Waals surface area contributed by atoms with Crippen LogP contribution < -0.4 is 29.1 Å². The van der Waals surface area contributed by atoms with Gasteiger partial charge in [0.25, 0.3) is 5.56 Å². The van der Waals surface area contributed by atoms with Gasteiger partial charge in [-0.2, -0.15) is 0 Å². The molecule has 1 atom stereocenters. The Bertz CT molecular complexity index is 2210. The lowest BCUT2D eigenvalue weighted by Gasteiger charge is -2.26. The Morgan fingerprint density at radius 3 is 2.40 bits per heavy atom. The number of esters is 1. The normalized spacial score (nSPS) is 14.3. The minimum Gasteiger partial charge on any atom is -0.493 e. The molecule has 0 fully saturated rings. The van der Waals surface area contributed by atoms with Crippen LogP contribution >= 0.6 is 38.9 Å². The van der Waals surface area contributed by atoms with E-state index in [0.29, 0.717) is 49.5 Å². The van der Waals surface area contributed by atoms with Crippen LogP contribution in [0.3, 0.4) is 0 Å². The van der Waals surface area contributed by atoms with Crippen LogP contribution in [0.25, 0.3) is 11.8 Å². The summed E-state index contributed by atoms with van der Waals surface area (Å²) in [6, 6.07) is 27.0. The molecule has 0 bridgehead atoms. The van der Waals surface area contributed by atoms with Gasteiger partial charge in [-0.1, -0.05) is 83.6 Å². The highest BCUT2D eigenvalue weighted by atomic mass is 79.9. The number of thiazole rings is 1. The predicted octanol–water partition coefficient (Wildman–Crippen LogP) is 6.95. The number of hydrogen-bond acceptors (Lipinski definition) is 8. The van der Waals surface area contributed by atoms with Crippen molar-refractivity contribution in [3.63, 3.8) is 0 Å². The fourth-order valence-corrected chi connectivity index (χ4v) is 7.13. The number of fused-ring (bicyclic) bond motifs is 1. The number of aromatic nitrogens is 1. The Balaban J connectivity index is 1.49. The summed E-state index contributed by atoms with van der Waals surface area (Å²) >= 11 is 11.1. The van der Waals surface area contributed by atoms with Crippen LogP contribution in [-0.2, 0) is 16.1 Å². The maximum atomic E-state index is 14.3. The number of methoxy groups -OCH3 is 2. The molecule has 4 aromatic carbocycles. The standard InChI is InChI=1S/C37H30BrClN2O6S/c1-4-46-36(43)32-33(23-10-6-5-7-11-23)40-37-41(34(32)24-15-17-29(44-2)30(20-24)45-3)35(42)31(48-37)19-22-14-16-28(26(38)18-22)47-21-25-12-8-9-13-27(25)39/h5-20,34H,4,21H2,1-3H3/b31-19-/t34-/m0/s1. The fourth-order valence-electron chi connectivity index (χ4n) is 5.42. The summed E-state index contributed by atoms with van der Waals surface area (Å²) in [5.74, 6) is 1.04. The van der Waals surface area contributed by atoms with Crippen LogP contribution in [0.4, 0.5) is 0 Å². The topological polar surface area (TPSA) is 88.4 Å². The zero-order valence-corrected chi connectivity index (χ0v) is 29.4. The van der Waals surface area contributed by atoms with Crippen molar-refractivity contribution in [2.45, 2.75) is 19.6 Å². The van der Waals surface area contributed by atoms with E-state index >= 15 is 0 Å². The first-order valence-corrected chi connectivity index (χ1v) is 17.0. The number of carbonyl (C=O) groups excluding carboxylic acids is 1. The minimum atomic E-state index is -0.857. The molecular formula is C37H30BrClN2O6S. The van der Waals surface area contributed by atoms with Crippen LogP contribution in [0.1, 0.15) is 35.2 Å². The van der Waals surface area contributed by atoms with E-state index < -0.39 is 12.0 Å². The van der Waals surface area contributed by atoms with Gasteiger partial charge in [-0.25, -0.2) is 9.79 Å². The molecule has 1 aromatic heterocycles. The number of carbonyl (C=O) groups is 1. The minimum absolute atomic E-state index is 0.153. The Labute approximate surface area is 294 Å². The Morgan fingerprint density at radius 2 is 1.69 bits per heavy atom. The van der Waals surface area contributed by atoms with E-state index in [-0.39, 0.29) is 17.7 Å². The molecule has 6 rings (SSSR count). The molecule has 0 saturated heterocycles. The van der Waals surface area contributed by atoms with Crippen molar-refractivity contribution in [2.75, 3.05) is 20.8 Å². The molecule has 0 N–H and O–H groups in total. The van der Waals surface area contributed by atoms with Gasteiger partial charge in [0, 0.05) is 16.1 Å². The second-order valence-corrected chi connectivity index (χ2v) is 12.9. The number of benzene rings is 4. The quantitative estimate of drug-likeness (QED) is 0.144. The average Bonchev–Trinajstić information content (AvgIpc) is 3.41. The largest absolute Gasteiger partial charge is 0.493 e. The summed E-state index contributed by atoms with van der Waals surface area (Å²) in [6.45, 7) is 2.20. The first-order chi connectivity index (χ1) is 23.3. The zero-order chi connectivity index (χ0) is 33.8. The van der Waals surface area contributed by atoms with Gasteiger partial charge in [0.15, 0.2) is 16.3 Å². The highest BCUT2D eigenvalue weighted by Gasteiger charge is 2.35. The Kier molecular flexibility index (Phi) is 10.1. The molecule has 0 spiro atoms. The Hall–Kier alpha value is -4.64. The first kappa shape index (κ1) is 33.3. The number of rotatable bonds is 10. The Morgan fingerprint density at radius 1 is 0.958 bits per heavy atom. The second-order valence-electron chi connectivity index (χ2n) is 10.6. The smallest absolute Gasteiger partial charge is 0.338 e. The van der Waals surface area contributed by atoms with Gasteiger partial charge in [-0.15, -0.1) is 0 Å². The molecule has 0 saturated carbocycles. The van der Waals surface area contributed by atoms with E-state index in [2.05, 4.69) is 15.9 Å². The molecule has 8 nitrogen and oxygen atoms in total. The monoisotopic (exact) mass is 744 g/mol. The van der Waals surface area contributed by atoms with Gasteiger partial charge < -0.3 is 18.9 Å². The lowest BCUT2D eigenvalue weighted by atomic mass is 9.93. The van der Waals surface area contributed by atoms with Gasteiger partial charge in [0.2, 0.25) is 0 Å².